The maximum atomic E-state index is 13.1. The van der Waals surface area contributed by atoms with Gasteiger partial charge in [0, 0.05) is 11.3 Å². The molecular weight excluding hydrogens is 483 g/mol. The molecule has 11 heteroatoms. The van der Waals surface area contributed by atoms with E-state index in [1.165, 1.54) is 18.2 Å². The Morgan fingerprint density at radius 3 is 2.67 bits per heavy atom. The largest absolute Gasteiger partial charge is 0.493 e. The van der Waals surface area contributed by atoms with Gasteiger partial charge in [-0.1, -0.05) is 36.2 Å². The second-order valence-corrected chi connectivity index (χ2v) is 9.23. The Kier molecular flexibility index (Phi) is 8.01. The monoisotopic (exact) mass is 503 g/mol. The summed E-state index contributed by atoms with van der Waals surface area (Å²) in [4.78, 5) is 11.2. The molecule has 33 heavy (non-hydrogen) atoms. The number of aromatic nitrogens is 1. The first kappa shape index (κ1) is 25.0. The van der Waals surface area contributed by atoms with E-state index in [4.69, 9.17) is 26.0 Å². The summed E-state index contributed by atoms with van der Waals surface area (Å²) in [7, 11) is -1.42. The molecule has 0 amide bonds. The van der Waals surface area contributed by atoms with Gasteiger partial charge in [-0.25, -0.2) is 0 Å². The van der Waals surface area contributed by atoms with Crippen LogP contribution in [0, 0.1) is 0 Å². The first-order valence-electron chi connectivity index (χ1n) is 10.1. The number of carboxylic acid groups (broad SMARTS) is 1. The van der Waals surface area contributed by atoms with E-state index in [9.17, 15) is 22.2 Å². The molecule has 0 saturated heterocycles. The molecular formula is C22H21ClF3NO5S. The maximum Gasteiger partial charge on any atom is 0.437 e. The predicted molar refractivity (Wildman–Crippen MR) is 117 cm³/mol. The molecule has 1 unspecified atom stereocenters. The molecule has 0 aliphatic carbocycles. The summed E-state index contributed by atoms with van der Waals surface area (Å²) in [5.41, 5.74) is 0.00856. The lowest BCUT2D eigenvalue weighted by Gasteiger charge is -2.12. The summed E-state index contributed by atoms with van der Waals surface area (Å²) in [5, 5.41) is 12.2. The zero-order valence-corrected chi connectivity index (χ0v) is 19.1. The topological polar surface area (TPSA) is 89.6 Å². The van der Waals surface area contributed by atoms with Crippen molar-refractivity contribution in [3.8, 4) is 5.75 Å². The maximum absolute atomic E-state index is 13.1. The Balaban J connectivity index is 1.65. The van der Waals surface area contributed by atoms with Crippen LogP contribution in [0.25, 0.3) is 11.0 Å². The second-order valence-electron chi connectivity index (χ2n) is 7.28. The van der Waals surface area contributed by atoms with Gasteiger partial charge in [0.05, 0.1) is 39.1 Å². The summed E-state index contributed by atoms with van der Waals surface area (Å²) >= 11 is 6.15. The van der Waals surface area contributed by atoms with Gasteiger partial charge in [-0.2, -0.15) is 13.2 Å². The number of fused-ring (bicyclic) bond motifs is 1. The van der Waals surface area contributed by atoms with Gasteiger partial charge in [-0.05, 0) is 42.7 Å². The Labute approximate surface area is 195 Å². The fraction of sp³-hybridized carbons (Fsp3) is 0.364. The van der Waals surface area contributed by atoms with Crippen LogP contribution in [-0.4, -0.2) is 32.8 Å². The van der Waals surface area contributed by atoms with E-state index in [0.29, 0.717) is 41.0 Å². The number of halogens is 4. The van der Waals surface area contributed by atoms with E-state index < -0.39 is 28.6 Å². The van der Waals surface area contributed by atoms with Crippen LogP contribution in [0.15, 0.2) is 39.8 Å². The van der Waals surface area contributed by atoms with Crippen molar-refractivity contribution in [2.24, 2.45) is 0 Å². The highest BCUT2D eigenvalue weighted by molar-refractivity contribution is 7.85. The van der Waals surface area contributed by atoms with Crippen molar-refractivity contribution in [1.82, 2.24) is 5.16 Å². The lowest BCUT2D eigenvalue weighted by molar-refractivity contribution is -0.141. The summed E-state index contributed by atoms with van der Waals surface area (Å²) in [5.74, 6) is -0.349. The molecule has 0 radical (unpaired) electrons. The number of aliphatic carboxylic acids is 1. The minimum Gasteiger partial charge on any atom is -0.493 e. The number of hydrogen-bond donors (Lipinski definition) is 1. The van der Waals surface area contributed by atoms with E-state index in [2.05, 4.69) is 5.16 Å². The number of ether oxygens (including phenoxy) is 1. The van der Waals surface area contributed by atoms with Crippen LogP contribution in [0.3, 0.4) is 0 Å². The minimum absolute atomic E-state index is 0.0542. The molecule has 6 nitrogen and oxygen atoms in total. The highest BCUT2D eigenvalue weighted by Gasteiger charge is 2.37. The van der Waals surface area contributed by atoms with Crippen molar-refractivity contribution in [1.29, 1.82) is 0 Å². The van der Waals surface area contributed by atoms with Crippen LogP contribution in [0.4, 0.5) is 13.2 Å². The van der Waals surface area contributed by atoms with Crippen LogP contribution < -0.4 is 4.74 Å². The van der Waals surface area contributed by atoms with Gasteiger partial charge in [-0.15, -0.1) is 0 Å². The first-order chi connectivity index (χ1) is 15.6. The summed E-state index contributed by atoms with van der Waals surface area (Å²) in [6, 6.07) is 7.35. The zero-order valence-electron chi connectivity index (χ0n) is 17.6. The predicted octanol–water partition coefficient (Wildman–Crippen LogP) is 5.66. The molecule has 1 aromatic heterocycles. The van der Waals surface area contributed by atoms with Gasteiger partial charge < -0.3 is 14.4 Å². The summed E-state index contributed by atoms with van der Waals surface area (Å²) in [6.45, 7) is 2.07. The molecule has 2 aromatic carbocycles. The number of alkyl halides is 3. The first-order valence-corrected chi connectivity index (χ1v) is 11.8. The average molecular weight is 504 g/mol. The average Bonchev–Trinajstić information content (AvgIpc) is 3.17. The lowest BCUT2D eigenvalue weighted by atomic mass is 10.0. The molecule has 178 valence electrons. The number of rotatable bonds is 10. The van der Waals surface area contributed by atoms with E-state index in [-0.39, 0.29) is 34.8 Å². The number of nitrogens with zero attached hydrogens (tertiary/aromatic N) is 1. The van der Waals surface area contributed by atoms with Gasteiger partial charge in [0.25, 0.3) is 0 Å². The number of aryl methyl sites for hydroxylation is 1. The lowest BCUT2D eigenvalue weighted by Crippen LogP contribution is -2.07. The third-order valence-corrected chi connectivity index (χ3v) is 6.73. The molecule has 0 saturated carbocycles. The van der Waals surface area contributed by atoms with Crippen LogP contribution >= 0.6 is 11.6 Å². The molecule has 0 aliphatic rings. The van der Waals surface area contributed by atoms with Crippen molar-refractivity contribution in [3.05, 3.63) is 52.2 Å². The Hall–Kier alpha value is -2.59. The molecule has 1 atom stereocenters. The zero-order chi connectivity index (χ0) is 24.2. The molecule has 0 aliphatic heterocycles. The highest BCUT2D eigenvalue weighted by Crippen LogP contribution is 2.38. The Morgan fingerprint density at radius 1 is 1.27 bits per heavy atom. The van der Waals surface area contributed by atoms with E-state index in [1.807, 2.05) is 6.92 Å². The SMILES string of the molecule is CCCc1c(OCCCS(=O)c2ccc(CC(=O)O)cc2Cl)ccc2c(C(F)(F)F)noc12. The van der Waals surface area contributed by atoms with Crippen molar-refractivity contribution in [3.63, 3.8) is 0 Å². The molecule has 3 rings (SSSR count). The number of carboxylic acids is 1. The standard InChI is InChI=1S/C22H21ClF3NO5S/c1-2-4-14-17(7-6-15-20(14)32-27-21(15)22(24,25)26)31-9-3-10-33(30)18-8-5-13(11-16(18)23)12-19(28)29/h5-8,11H,2-4,9-10,12H2,1H3,(H,28,29). The molecule has 0 fully saturated rings. The van der Waals surface area contributed by atoms with Gasteiger partial charge in [0.15, 0.2) is 11.3 Å². The van der Waals surface area contributed by atoms with Crippen LogP contribution in [0.5, 0.6) is 5.75 Å². The van der Waals surface area contributed by atoms with Crippen LogP contribution in [0.1, 0.15) is 36.6 Å². The molecule has 0 bridgehead atoms. The van der Waals surface area contributed by atoms with Gasteiger partial charge >= 0.3 is 12.1 Å². The smallest absolute Gasteiger partial charge is 0.437 e. The minimum atomic E-state index is -4.62. The van der Waals surface area contributed by atoms with Crippen molar-refractivity contribution in [2.45, 2.75) is 43.7 Å². The third-order valence-electron chi connectivity index (χ3n) is 4.80. The van der Waals surface area contributed by atoms with Gasteiger partial charge in [0.2, 0.25) is 0 Å². The highest BCUT2D eigenvalue weighted by atomic mass is 35.5. The van der Waals surface area contributed by atoms with E-state index >= 15 is 0 Å². The van der Waals surface area contributed by atoms with Crippen molar-refractivity contribution < 1.29 is 36.5 Å². The summed E-state index contributed by atoms with van der Waals surface area (Å²) in [6.07, 6.45) is -3.29. The molecule has 0 spiro atoms. The third kappa shape index (κ3) is 6.05. The summed E-state index contributed by atoms with van der Waals surface area (Å²) < 4.78 is 62.7. The number of hydrogen-bond acceptors (Lipinski definition) is 5. The van der Waals surface area contributed by atoms with E-state index in [1.54, 1.807) is 12.1 Å². The Morgan fingerprint density at radius 2 is 2.03 bits per heavy atom. The van der Waals surface area contributed by atoms with Crippen molar-refractivity contribution in [2.75, 3.05) is 12.4 Å². The number of benzene rings is 2. The fourth-order valence-corrected chi connectivity index (χ4v) is 4.92. The second kappa shape index (κ2) is 10.6. The van der Waals surface area contributed by atoms with E-state index in [0.717, 1.165) is 0 Å². The molecule has 3 aromatic rings. The molecule has 1 N–H and O–H groups in total. The Bertz CT molecular complexity index is 1180. The van der Waals surface area contributed by atoms with Crippen LogP contribution in [-0.2, 0) is 34.6 Å². The number of carbonyl (C=O) groups is 1. The fourth-order valence-electron chi connectivity index (χ4n) is 3.36. The van der Waals surface area contributed by atoms with Gasteiger partial charge in [0.1, 0.15) is 5.75 Å². The quantitative estimate of drug-likeness (QED) is 0.359. The van der Waals surface area contributed by atoms with Gasteiger partial charge in [-0.3, -0.25) is 9.00 Å². The normalized spacial score (nSPS) is 12.8. The molecule has 1 heterocycles. The van der Waals surface area contributed by atoms with Crippen LogP contribution in [0.2, 0.25) is 5.02 Å². The van der Waals surface area contributed by atoms with Crippen molar-refractivity contribution >= 4 is 39.3 Å².